The van der Waals surface area contributed by atoms with Crippen LogP contribution in [0.5, 0.6) is 5.75 Å². The molecule has 29 heavy (non-hydrogen) atoms. The summed E-state index contributed by atoms with van der Waals surface area (Å²) >= 11 is 0. The van der Waals surface area contributed by atoms with Gasteiger partial charge in [0.25, 0.3) is 0 Å². The molecule has 1 saturated heterocycles. The van der Waals surface area contributed by atoms with Gasteiger partial charge in [0.1, 0.15) is 5.75 Å². The summed E-state index contributed by atoms with van der Waals surface area (Å²) in [5.74, 6) is 0.938. The first-order chi connectivity index (χ1) is 14.2. The standard InChI is InChI=1S/C25H26N2O2/c1-29-23-13-11-22(12-14-23)26-16-5-17-27(19-18-26)25(28)15-10-21-8-4-7-20-6-2-3-9-24(20)21/h2-4,6-15H,5,16-19H2,1H3/b15-10+. The van der Waals surface area contributed by atoms with Crippen molar-refractivity contribution in [3.8, 4) is 5.75 Å². The van der Waals surface area contributed by atoms with Crippen molar-refractivity contribution in [3.05, 3.63) is 78.4 Å². The summed E-state index contributed by atoms with van der Waals surface area (Å²) < 4.78 is 5.24. The van der Waals surface area contributed by atoms with Crippen molar-refractivity contribution >= 4 is 28.4 Å². The molecule has 0 atom stereocenters. The van der Waals surface area contributed by atoms with Gasteiger partial charge < -0.3 is 14.5 Å². The van der Waals surface area contributed by atoms with Crippen LogP contribution >= 0.6 is 0 Å². The number of nitrogens with zero attached hydrogens (tertiary/aromatic N) is 2. The van der Waals surface area contributed by atoms with E-state index in [0.29, 0.717) is 0 Å². The first-order valence-corrected chi connectivity index (χ1v) is 10.1. The lowest BCUT2D eigenvalue weighted by atomic mass is 10.0. The Labute approximate surface area is 172 Å². The second-order valence-electron chi connectivity index (χ2n) is 7.27. The second kappa shape index (κ2) is 8.82. The fraction of sp³-hybridized carbons (Fsp3) is 0.240. The first-order valence-electron chi connectivity index (χ1n) is 10.1. The smallest absolute Gasteiger partial charge is 0.246 e. The van der Waals surface area contributed by atoms with Crippen LogP contribution in [0.25, 0.3) is 16.8 Å². The molecule has 3 aromatic rings. The molecule has 148 valence electrons. The molecule has 0 N–H and O–H groups in total. The Kier molecular flexibility index (Phi) is 5.80. The van der Waals surface area contributed by atoms with Crippen LogP contribution in [0.3, 0.4) is 0 Å². The number of hydrogen-bond donors (Lipinski definition) is 0. The second-order valence-corrected chi connectivity index (χ2v) is 7.27. The van der Waals surface area contributed by atoms with Gasteiger partial charge in [-0.3, -0.25) is 4.79 Å². The van der Waals surface area contributed by atoms with E-state index >= 15 is 0 Å². The van der Waals surface area contributed by atoms with Crippen molar-refractivity contribution in [2.45, 2.75) is 6.42 Å². The molecular formula is C25H26N2O2. The largest absolute Gasteiger partial charge is 0.497 e. The zero-order chi connectivity index (χ0) is 20.1. The molecule has 4 heteroatoms. The van der Waals surface area contributed by atoms with Gasteiger partial charge in [0.15, 0.2) is 0 Å². The average molecular weight is 386 g/mol. The minimum Gasteiger partial charge on any atom is -0.497 e. The van der Waals surface area contributed by atoms with Gasteiger partial charge in [-0.25, -0.2) is 0 Å². The Morgan fingerprint density at radius 2 is 1.69 bits per heavy atom. The lowest BCUT2D eigenvalue weighted by Gasteiger charge is -2.23. The van der Waals surface area contributed by atoms with Gasteiger partial charge >= 0.3 is 0 Å². The van der Waals surface area contributed by atoms with Gasteiger partial charge in [0, 0.05) is 37.9 Å². The molecule has 4 rings (SSSR count). The molecular weight excluding hydrogens is 360 g/mol. The van der Waals surface area contributed by atoms with Crippen LogP contribution in [0, 0.1) is 0 Å². The molecule has 0 bridgehead atoms. The highest BCUT2D eigenvalue weighted by Gasteiger charge is 2.18. The summed E-state index contributed by atoms with van der Waals surface area (Å²) in [6.07, 6.45) is 4.61. The maximum absolute atomic E-state index is 12.8. The summed E-state index contributed by atoms with van der Waals surface area (Å²) in [6, 6.07) is 22.6. The van der Waals surface area contributed by atoms with Crippen molar-refractivity contribution in [2.75, 3.05) is 38.2 Å². The lowest BCUT2D eigenvalue weighted by molar-refractivity contribution is -0.125. The zero-order valence-corrected chi connectivity index (χ0v) is 16.8. The highest BCUT2D eigenvalue weighted by Crippen LogP contribution is 2.22. The van der Waals surface area contributed by atoms with Crippen LogP contribution in [-0.4, -0.2) is 44.1 Å². The van der Waals surface area contributed by atoms with Crippen molar-refractivity contribution in [1.29, 1.82) is 0 Å². The van der Waals surface area contributed by atoms with Gasteiger partial charge in [-0.2, -0.15) is 0 Å². The number of rotatable bonds is 4. The Bertz CT molecular complexity index is 1010. The molecule has 4 nitrogen and oxygen atoms in total. The van der Waals surface area contributed by atoms with Gasteiger partial charge in [-0.15, -0.1) is 0 Å². The van der Waals surface area contributed by atoms with E-state index in [1.54, 1.807) is 13.2 Å². The number of fused-ring (bicyclic) bond motifs is 1. The maximum Gasteiger partial charge on any atom is 0.246 e. The molecule has 0 aromatic heterocycles. The van der Waals surface area contributed by atoms with E-state index in [0.717, 1.165) is 43.9 Å². The van der Waals surface area contributed by atoms with Gasteiger partial charge in [-0.05, 0) is 53.1 Å². The Morgan fingerprint density at radius 3 is 2.52 bits per heavy atom. The highest BCUT2D eigenvalue weighted by atomic mass is 16.5. The normalized spacial score (nSPS) is 14.9. The maximum atomic E-state index is 12.8. The van der Waals surface area contributed by atoms with Gasteiger partial charge in [0.05, 0.1) is 7.11 Å². The van der Waals surface area contributed by atoms with Gasteiger partial charge in [0.2, 0.25) is 5.91 Å². The first kappa shape index (κ1) is 19.1. The SMILES string of the molecule is COc1ccc(N2CCCN(C(=O)/C=C/c3cccc4ccccc34)CC2)cc1. The molecule has 0 saturated carbocycles. The molecule has 0 spiro atoms. The number of carbonyl (C=O) groups excluding carboxylic acids is 1. The highest BCUT2D eigenvalue weighted by molar-refractivity contribution is 5.96. The third kappa shape index (κ3) is 4.43. The molecule has 0 unspecified atom stereocenters. The van der Waals surface area contributed by atoms with Crippen molar-refractivity contribution in [2.24, 2.45) is 0 Å². The molecule has 1 fully saturated rings. The molecule has 3 aromatic carbocycles. The summed E-state index contributed by atoms with van der Waals surface area (Å²) in [5, 5.41) is 2.35. The van der Waals surface area contributed by atoms with Crippen LogP contribution < -0.4 is 9.64 Å². The predicted molar refractivity (Wildman–Crippen MR) is 119 cm³/mol. The number of benzene rings is 3. The van der Waals surface area contributed by atoms with Crippen molar-refractivity contribution in [3.63, 3.8) is 0 Å². The van der Waals surface area contributed by atoms with E-state index in [2.05, 4.69) is 41.3 Å². The van der Waals surface area contributed by atoms with E-state index in [-0.39, 0.29) is 5.91 Å². The van der Waals surface area contributed by atoms with Crippen LogP contribution in [0.4, 0.5) is 5.69 Å². The number of methoxy groups -OCH3 is 1. The number of hydrogen-bond acceptors (Lipinski definition) is 3. The van der Waals surface area contributed by atoms with E-state index < -0.39 is 0 Å². The molecule has 0 aliphatic carbocycles. The van der Waals surface area contributed by atoms with E-state index in [1.165, 1.54) is 16.5 Å². The fourth-order valence-electron chi connectivity index (χ4n) is 3.85. The third-order valence-corrected chi connectivity index (χ3v) is 5.47. The zero-order valence-electron chi connectivity index (χ0n) is 16.8. The minimum absolute atomic E-state index is 0.0783. The third-order valence-electron chi connectivity index (χ3n) is 5.47. The Morgan fingerprint density at radius 1 is 0.897 bits per heavy atom. The quantitative estimate of drug-likeness (QED) is 0.615. The fourth-order valence-corrected chi connectivity index (χ4v) is 3.85. The number of carbonyl (C=O) groups is 1. The van der Waals surface area contributed by atoms with Crippen LogP contribution in [0.1, 0.15) is 12.0 Å². The van der Waals surface area contributed by atoms with E-state index in [1.807, 2.05) is 41.3 Å². The van der Waals surface area contributed by atoms with Crippen molar-refractivity contribution in [1.82, 2.24) is 4.90 Å². The molecule has 1 aliphatic rings. The molecule has 0 radical (unpaired) electrons. The Balaban J connectivity index is 1.42. The minimum atomic E-state index is 0.0783. The number of amides is 1. The Hall–Kier alpha value is -3.27. The van der Waals surface area contributed by atoms with Crippen molar-refractivity contribution < 1.29 is 9.53 Å². The summed E-state index contributed by atoms with van der Waals surface area (Å²) in [7, 11) is 1.68. The number of anilines is 1. The average Bonchev–Trinajstić information content (AvgIpc) is 3.04. The van der Waals surface area contributed by atoms with Crippen LogP contribution in [0.2, 0.25) is 0 Å². The van der Waals surface area contributed by atoms with Gasteiger partial charge in [-0.1, -0.05) is 42.5 Å². The van der Waals surface area contributed by atoms with E-state index in [9.17, 15) is 4.79 Å². The summed E-state index contributed by atoms with van der Waals surface area (Å²) in [4.78, 5) is 17.1. The summed E-state index contributed by atoms with van der Waals surface area (Å²) in [5.41, 5.74) is 2.25. The predicted octanol–water partition coefficient (Wildman–Crippen LogP) is 4.60. The monoisotopic (exact) mass is 386 g/mol. The molecule has 1 amide bonds. The topological polar surface area (TPSA) is 32.8 Å². The lowest BCUT2D eigenvalue weighted by Crippen LogP contribution is -2.34. The molecule has 1 aliphatic heterocycles. The van der Waals surface area contributed by atoms with E-state index in [4.69, 9.17) is 4.74 Å². The summed E-state index contributed by atoms with van der Waals surface area (Å²) in [6.45, 7) is 3.29. The van der Waals surface area contributed by atoms with Crippen LogP contribution in [-0.2, 0) is 4.79 Å². The molecule has 1 heterocycles. The number of ether oxygens (including phenoxy) is 1. The van der Waals surface area contributed by atoms with Crippen LogP contribution in [0.15, 0.2) is 72.8 Å².